The second-order valence-corrected chi connectivity index (χ2v) is 9.25. The summed E-state index contributed by atoms with van der Waals surface area (Å²) in [5.41, 5.74) is 1.50. The van der Waals surface area contributed by atoms with Gasteiger partial charge in [-0.15, -0.1) is 11.3 Å². The normalized spacial score (nSPS) is 15.1. The number of carbonyl (C=O) groups is 2. The molecule has 1 fully saturated rings. The van der Waals surface area contributed by atoms with E-state index >= 15 is 0 Å². The third-order valence-electron chi connectivity index (χ3n) is 5.38. The summed E-state index contributed by atoms with van der Waals surface area (Å²) in [7, 11) is 0. The molecule has 1 aliphatic heterocycles. The van der Waals surface area contributed by atoms with Crippen molar-refractivity contribution >= 4 is 23.2 Å². The molecule has 184 valence electrons. The van der Waals surface area contributed by atoms with Gasteiger partial charge in [-0.3, -0.25) is 9.59 Å². The number of thiazole rings is 1. The number of nitrogens with zero attached hydrogens (tertiary/aromatic N) is 4. The van der Waals surface area contributed by atoms with E-state index in [9.17, 15) is 22.8 Å². The van der Waals surface area contributed by atoms with E-state index in [1.165, 1.54) is 17.4 Å². The van der Waals surface area contributed by atoms with Gasteiger partial charge < -0.3 is 15.0 Å². The number of ether oxygens (including phenoxy) is 1. The zero-order valence-corrected chi connectivity index (χ0v) is 19.7. The molecule has 0 saturated carbocycles. The lowest BCUT2D eigenvalue weighted by Gasteiger charge is -2.27. The Morgan fingerprint density at radius 1 is 1.06 bits per heavy atom. The Hall–Kier alpha value is -3.38. The van der Waals surface area contributed by atoms with E-state index in [1.54, 1.807) is 30.2 Å². The molecule has 12 heteroatoms. The maximum absolute atomic E-state index is 13.1. The van der Waals surface area contributed by atoms with E-state index < -0.39 is 23.9 Å². The number of hydrogen-bond donors (Lipinski definition) is 1. The second kappa shape index (κ2) is 10.1. The first-order valence-electron chi connectivity index (χ1n) is 10.8. The first-order valence-corrected chi connectivity index (χ1v) is 11.6. The van der Waals surface area contributed by atoms with Crippen molar-refractivity contribution in [2.45, 2.75) is 26.1 Å². The van der Waals surface area contributed by atoms with E-state index in [-0.39, 0.29) is 11.5 Å². The number of amides is 2. The Labute approximate surface area is 203 Å². The fourth-order valence-electron chi connectivity index (χ4n) is 3.51. The monoisotopic (exact) mass is 505 g/mol. The van der Waals surface area contributed by atoms with Crippen LogP contribution in [0.1, 0.15) is 49.9 Å². The number of benzene rings is 1. The van der Waals surface area contributed by atoms with Crippen LogP contribution < -0.4 is 5.32 Å². The molecule has 0 bridgehead atoms. The maximum Gasteiger partial charge on any atom is 0.451 e. The van der Waals surface area contributed by atoms with E-state index in [0.717, 1.165) is 17.3 Å². The molecule has 0 spiro atoms. The molecule has 2 amide bonds. The van der Waals surface area contributed by atoms with Gasteiger partial charge in [-0.1, -0.05) is 0 Å². The van der Waals surface area contributed by atoms with Gasteiger partial charge in [-0.25, -0.2) is 15.0 Å². The third kappa shape index (κ3) is 5.82. The fraction of sp³-hybridized carbons (Fsp3) is 0.348. The lowest BCUT2D eigenvalue weighted by atomic mass is 10.0. The smallest absolute Gasteiger partial charge is 0.378 e. The molecule has 1 atom stereocenters. The van der Waals surface area contributed by atoms with Crippen LogP contribution in [0.3, 0.4) is 0 Å². The van der Waals surface area contributed by atoms with Crippen LogP contribution >= 0.6 is 11.3 Å². The highest BCUT2D eigenvalue weighted by Crippen LogP contribution is 2.28. The fourth-order valence-corrected chi connectivity index (χ4v) is 4.27. The highest BCUT2D eigenvalue weighted by Gasteiger charge is 2.34. The number of morpholine rings is 1. The molecule has 2 aromatic heterocycles. The van der Waals surface area contributed by atoms with Gasteiger partial charge in [-0.05, 0) is 32.0 Å². The van der Waals surface area contributed by atoms with Gasteiger partial charge in [0.05, 0.1) is 19.3 Å². The Morgan fingerprint density at radius 2 is 1.71 bits per heavy atom. The van der Waals surface area contributed by atoms with Crippen LogP contribution in [0.15, 0.2) is 36.8 Å². The van der Waals surface area contributed by atoms with Crippen LogP contribution in [0.2, 0.25) is 0 Å². The zero-order chi connectivity index (χ0) is 25.2. The lowest BCUT2D eigenvalue weighted by Crippen LogP contribution is -2.40. The predicted molar refractivity (Wildman–Crippen MR) is 122 cm³/mol. The van der Waals surface area contributed by atoms with Gasteiger partial charge in [0.2, 0.25) is 5.82 Å². The predicted octanol–water partition coefficient (Wildman–Crippen LogP) is 3.89. The Bertz CT molecular complexity index is 1220. The molecule has 1 aliphatic rings. The first kappa shape index (κ1) is 24.7. The van der Waals surface area contributed by atoms with Crippen molar-refractivity contribution in [1.82, 2.24) is 25.2 Å². The van der Waals surface area contributed by atoms with Crippen molar-refractivity contribution < 1.29 is 27.5 Å². The number of aryl methyl sites for hydroxylation is 1. The second-order valence-electron chi connectivity index (χ2n) is 8.01. The van der Waals surface area contributed by atoms with Gasteiger partial charge in [0.15, 0.2) is 0 Å². The Balaban J connectivity index is 1.60. The number of carbonyl (C=O) groups excluding carboxylic acids is 2. The molecular formula is C23H22F3N5O3S. The third-order valence-corrected chi connectivity index (χ3v) is 6.34. The maximum atomic E-state index is 13.1. The van der Waals surface area contributed by atoms with E-state index in [1.807, 2.05) is 6.92 Å². The minimum atomic E-state index is -4.65. The number of alkyl halides is 3. The minimum Gasteiger partial charge on any atom is -0.378 e. The molecule has 1 aromatic carbocycles. The largest absolute Gasteiger partial charge is 0.451 e. The van der Waals surface area contributed by atoms with E-state index in [0.29, 0.717) is 48.0 Å². The Kier molecular flexibility index (Phi) is 7.13. The SMILES string of the molecule is Cc1cnc(-c2cc(C(=O)N[C@H](C)c3cnc(C(F)(F)F)nc3)cc(C(=O)N3CCOCC3)c2)s1. The summed E-state index contributed by atoms with van der Waals surface area (Å²) in [5, 5.41) is 3.40. The quantitative estimate of drug-likeness (QED) is 0.565. The number of aromatic nitrogens is 3. The average Bonchev–Trinajstić information content (AvgIpc) is 3.29. The number of hydrogen-bond acceptors (Lipinski definition) is 7. The van der Waals surface area contributed by atoms with Crippen molar-refractivity contribution in [2.24, 2.45) is 0 Å². The summed E-state index contributed by atoms with van der Waals surface area (Å²) in [6, 6.07) is 4.18. The van der Waals surface area contributed by atoms with Crippen LogP contribution in [0.5, 0.6) is 0 Å². The summed E-state index contributed by atoms with van der Waals surface area (Å²) >= 11 is 1.44. The van der Waals surface area contributed by atoms with Crippen molar-refractivity contribution in [3.05, 3.63) is 64.2 Å². The van der Waals surface area contributed by atoms with Crippen molar-refractivity contribution in [3.63, 3.8) is 0 Å². The first-order chi connectivity index (χ1) is 16.6. The Morgan fingerprint density at radius 3 is 2.31 bits per heavy atom. The topological polar surface area (TPSA) is 97.3 Å². The number of rotatable bonds is 5. The van der Waals surface area contributed by atoms with Crippen LogP contribution in [0.4, 0.5) is 13.2 Å². The number of nitrogens with one attached hydrogen (secondary N) is 1. The summed E-state index contributed by atoms with van der Waals surface area (Å²) in [5.74, 6) is -1.97. The molecular weight excluding hydrogens is 483 g/mol. The van der Waals surface area contributed by atoms with Crippen molar-refractivity contribution in [3.8, 4) is 10.6 Å². The molecule has 35 heavy (non-hydrogen) atoms. The molecule has 0 unspecified atom stereocenters. The average molecular weight is 506 g/mol. The molecule has 0 radical (unpaired) electrons. The van der Waals surface area contributed by atoms with Gasteiger partial charge in [0, 0.05) is 58.8 Å². The van der Waals surface area contributed by atoms with Gasteiger partial charge >= 0.3 is 6.18 Å². The zero-order valence-electron chi connectivity index (χ0n) is 18.9. The summed E-state index contributed by atoms with van der Waals surface area (Å²) in [4.78, 5) is 39.9. The van der Waals surface area contributed by atoms with Gasteiger partial charge in [0.1, 0.15) is 5.01 Å². The molecule has 4 rings (SSSR count). The van der Waals surface area contributed by atoms with Gasteiger partial charge in [-0.2, -0.15) is 13.2 Å². The van der Waals surface area contributed by atoms with Crippen molar-refractivity contribution in [2.75, 3.05) is 26.3 Å². The van der Waals surface area contributed by atoms with E-state index in [4.69, 9.17) is 4.74 Å². The van der Waals surface area contributed by atoms with Crippen LogP contribution in [0, 0.1) is 6.92 Å². The van der Waals surface area contributed by atoms with E-state index in [2.05, 4.69) is 20.3 Å². The highest BCUT2D eigenvalue weighted by molar-refractivity contribution is 7.14. The summed E-state index contributed by atoms with van der Waals surface area (Å²) in [6.45, 7) is 5.30. The molecule has 3 aromatic rings. The van der Waals surface area contributed by atoms with Gasteiger partial charge in [0.25, 0.3) is 11.8 Å². The standard InChI is InChI=1S/C23H22F3N5O3S/c1-13-10-27-20(35-13)16-7-15(8-17(9-16)21(33)31-3-5-34-6-4-31)19(32)30-14(2)18-11-28-22(29-12-18)23(24,25)26/h7-12,14H,3-6H2,1-2H3,(H,30,32)/t14-/m1/s1. The van der Waals surface area contributed by atoms with Crippen LogP contribution in [0.25, 0.3) is 10.6 Å². The van der Waals surface area contributed by atoms with Crippen LogP contribution in [-0.2, 0) is 10.9 Å². The highest BCUT2D eigenvalue weighted by atomic mass is 32.1. The van der Waals surface area contributed by atoms with Crippen molar-refractivity contribution in [1.29, 1.82) is 0 Å². The molecule has 1 N–H and O–H groups in total. The molecule has 1 saturated heterocycles. The minimum absolute atomic E-state index is 0.221. The molecule has 8 nitrogen and oxygen atoms in total. The van der Waals surface area contributed by atoms with Crippen LogP contribution in [-0.4, -0.2) is 58.0 Å². The molecule has 3 heterocycles. The number of halogens is 3. The lowest BCUT2D eigenvalue weighted by molar-refractivity contribution is -0.145. The molecule has 0 aliphatic carbocycles. The summed E-state index contributed by atoms with van der Waals surface area (Å²) in [6.07, 6.45) is -0.877. The summed E-state index contributed by atoms with van der Waals surface area (Å²) < 4.78 is 43.5.